The van der Waals surface area contributed by atoms with E-state index in [-0.39, 0.29) is 5.56 Å². The van der Waals surface area contributed by atoms with Crippen LogP contribution >= 0.6 is 0 Å². The van der Waals surface area contributed by atoms with Crippen LogP contribution in [0.1, 0.15) is 48.9 Å². The second kappa shape index (κ2) is 6.28. The summed E-state index contributed by atoms with van der Waals surface area (Å²) < 4.78 is 3.60. The van der Waals surface area contributed by atoms with Crippen molar-refractivity contribution in [2.75, 3.05) is 6.54 Å². The van der Waals surface area contributed by atoms with E-state index in [1.54, 1.807) is 33.9 Å². The van der Waals surface area contributed by atoms with Crippen molar-refractivity contribution in [3.05, 3.63) is 52.5 Å². The van der Waals surface area contributed by atoms with Crippen LogP contribution in [0.2, 0.25) is 0 Å². The molecule has 3 aromatic heterocycles. The quantitative estimate of drug-likeness (QED) is 0.709. The monoisotopic (exact) mass is 351 g/mol. The van der Waals surface area contributed by atoms with Crippen LogP contribution in [0, 0.1) is 0 Å². The molecule has 0 spiro atoms. The van der Waals surface area contributed by atoms with Gasteiger partial charge < -0.3 is 0 Å². The Kier molecular flexibility index (Phi) is 3.77. The first-order valence-corrected chi connectivity index (χ1v) is 9.24. The summed E-state index contributed by atoms with van der Waals surface area (Å²) >= 11 is 0. The molecule has 134 valence electrons. The molecule has 0 bridgehead atoms. The Labute approximate surface area is 150 Å². The lowest BCUT2D eigenvalue weighted by Crippen LogP contribution is -2.40. The van der Waals surface area contributed by atoms with Gasteiger partial charge in [-0.3, -0.25) is 24.2 Å². The summed E-state index contributed by atoms with van der Waals surface area (Å²) in [6, 6.07) is 0. The maximum absolute atomic E-state index is 12.9. The molecule has 5 rings (SSSR count). The van der Waals surface area contributed by atoms with E-state index in [0.717, 1.165) is 36.7 Å². The highest BCUT2D eigenvalue weighted by atomic mass is 16.1. The molecule has 0 radical (unpaired) electrons. The minimum atomic E-state index is 0.0194. The Hall–Kier alpha value is -2.61. The molecule has 0 saturated heterocycles. The van der Waals surface area contributed by atoms with Crippen LogP contribution in [0.3, 0.4) is 0 Å². The zero-order valence-electron chi connectivity index (χ0n) is 14.6. The van der Waals surface area contributed by atoms with Crippen LogP contribution in [-0.4, -0.2) is 40.6 Å². The van der Waals surface area contributed by atoms with Gasteiger partial charge in [-0.25, -0.2) is 9.50 Å². The maximum Gasteiger partial charge on any atom is 0.279 e. The van der Waals surface area contributed by atoms with Crippen molar-refractivity contribution < 1.29 is 0 Å². The number of hydrogen-bond donors (Lipinski definition) is 0. The molecular weight excluding hydrogens is 330 g/mol. The van der Waals surface area contributed by atoms with E-state index in [4.69, 9.17) is 5.10 Å². The lowest BCUT2D eigenvalue weighted by atomic mass is 10.1. The first-order valence-electron chi connectivity index (χ1n) is 9.24. The zero-order chi connectivity index (χ0) is 17.5. The minimum Gasteiger partial charge on any atom is -0.291 e. The van der Waals surface area contributed by atoms with Crippen molar-refractivity contribution in [2.45, 2.75) is 51.2 Å². The summed E-state index contributed by atoms with van der Waals surface area (Å²) in [5.74, 6) is 2.17. The third-order valence-corrected chi connectivity index (χ3v) is 5.48. The lowest BCUT2D eigenvalue weighted by molar-refractivity contribution is 0.199. The number of fused-ring (bicyclic) bond motifs is 2. The molecule has 1 saturated carbocycles. The molecule has 1 aliphatic carbocycles. The van der Waals surface area contributed by atoms with Crippen molar-refractivity contribution in [1.29, 1.82) is 0 Å². The molecule has 4 heterocycles. The molecule has 26 heavy (non-hydrogen) atoms. The molecule has 0 N–H and O–H groups in total. The van der Waals surface area contributed by atoms with Gasteiger partial charge in [0.2, 0.25) is 0 Å². The normalized spacial score (nSPS) is 18.5. The van der Waals surface area contributed by atoms with Gasteiger partial charge in [0.1, 0.15) is 11.6 Å². The van der Waals surface area contributed by atoms with Crippen molar-refractivity contribution in [2.24, 2.45) is 0 Å². The number of hydrogen-bond acceptors (Lipinski definition) is 6. The van der Waals surface area contributed by atoms with Gasteiger partial charge in [-0.1, -0.05) is 12.8 Å². The fraction of sp³-hybridized carbons (Fsp3) is 0.500. The van der Waals surface area contributed by atoms with Crippen molar-refractivity contribution in [1.82, 2.24) is 34.0 Å². The number of nitrogens with zero attached hydrogens (tertiary/aromatic N) is 7. The van der Waals surface area contributed by atoms with Gasteiger partial charge in [-0.15, -0.1) is 0 Å². The second-order valence-electron chi connectivity index (χ2n) is 7.18. The molecule has 0 aromatic carbocycles. The van der Waals surface area contributed by atoms with E-state index in [9.17, 15) is 4.79 Å². The van der Waals surface area contributed by atoms with Gasteiger partial charge in [0.05, 0.1) is 18.4 Å². The molecule has 2 aliphatic rings. The summed E-state index contributed by atoms with van der Waals surface area (Å²) in [5, 5.41) is 4.81. The van der Waals surface area contributed by atoms with Crippen molar-refractivity contribution in [3.8, 4) is 0 Å². The van der Waals surface area contributed by atoms with Gasteiger partial charge in [0.25, 0.3) is 5.56 Å². The molecule has 0 atom stereocenters. The fourth-order valence-corrected chi connectivity index (χ4v) is 4.14. The minimum absolute atomic E-state index is 0.0194. The van der Waals surface area contributed by atoms with Gasteiger partial charge in [-0.2, -0.15) is 5.10 Å². The molecule has 8 heteroatoms. The SMILES string of the molecule is O=c1c2cnc(C3CCCC3)n2nc2n1CCN(Cc1cnccn1)C2. The van der Waals surface area contributed by atoms with E-state index in [0.29, 0.717) is 31.1 Å². The first kappa shape index (κ1) is 15.6. The highest BCUT2D eigenvalue weighted by molar-refractivity contribution is 5.43. The van der Waals surface area contributed by atoms with E-state index < -0.39 is 0 Å². The predicted molar refractivity (Wildman–Crippen MR) is 94.6 cm³/mol. The Bertz CT molecular complexity index is 988. The highest BCUT2D eigenvalue weighted by Gasteiger charge is 2.26. The van der Waals surface area contributed by atoms with Crippen molar-refractivity contribution >= 4 is 5.52 Å². The third kappa shape index (κ3) is 2.61. The maximum atomic E-state index is 12.9. The standard InChI is InChI=1S/C18H21N7O/c26-18-15-10-21-17(13-3-1-2-4-13)25(15)22-16-12-23(7-8-24(16)18)11-14-9-19-5-6-20-14/h5-6,9-10,13H,1-4,7-8,11-12H2. The first-order chi connectivity index (χ1) is 12.8. The van der Waals surface area contributed by atoms with Crippen LogP contribution in [0.5, 0.6) is 0 Å². The molecule has 8 nitrogen and oxygen atoms in total. The zero-order valence-corrected chi connectivity index (χ0v) is 14.6. The highest BCUT2D eigenvalue weighted by Crippen LogP contribution is 2.33. The predicted octanol–water partition coefficient (Wildman–Crippen LogP) is 1.35. The van der Waals surface area contributed by atoms with E-state index in [1.165, 1.54) is 12.8 Å². The van der Waals surface area contributed by atoms with Crippen LogP contribution in [0.25, 0.3) is 5.52 Å². The molecule has 0 unspecified atom stereocenters. The van der Waals surface area contributed by atoms with Gasteiger partial charge in [0.15, 0.2) is 5.52 Å². The van der Waals surface area contributed by atoms with E-state index in [1.807, 2.05) is 0 Å². The van der Waals surface area contributed by atoms with Gasteiger partial charge >= 0.3 is 0 Å². The summed E-state index contributed by atoms with van der Waals surface area (Å²) in [7, 11) is 0. The summed E-state index contributed by atoms with van der Waals surface area (Å²) in [4.78, 5) is 28.2. The molecule has 3 aromatic rings. The molecule has 1 aliphatic heterocycles. The largest absolute Gasteiger partial charge is 0.291 e. The van der Waals surface area contributed by atoms with E-state index in [2.05, 4.69) is 19.9 Å². The summed E-state index contributed by atoms with van der Waals surface area (Å²) in [5.41, 5.74) is 1.54. The average molecular weight is 351 g/mol. The summed E-state index contributed by atoms with van der Waals surface area (Å²) in [6.07, 6.45) is 11.6. The lowest BCUT2D eigenvalue weighted by Gasteiger charge is -2.28. The number of aromatic nitrogens is 6. The average Bonchev–Trinajstić information content (AvgIpc) is 3.32. The Balaban J connectivity index is 1.49. The van der Waals surface area contributed by atoms with Crippen LogP contribution in [0.15, 0.2) is 29.6 Å². The van der Waals surface area contributed by atoms with Gasteiger partial charge in [-0.05, 0) is 12.8 Å². The van der Waals surface area contributed by atoms with Gasteiger partial charge in [0, 0.05) is 44.1 Å². The smallest absolute Gasteiger partial charge is 0.279 e. The number of imidazole rings is 1. The van der Waals surface area contributed by atoms with Crippen molar-refractivity contribution in [3.63, 3.8) is 0 Å². The topological polar surface area (TPSA) is 81.2 Å². The molecule has 0 amide bonds. The second-order valence-corrected chi connectivity index (χ2v) is 7.18. The fourth-order valence-electron chi connectivity index (χ4n) is 4.14. The Morgan fingerprint density at radius 2 is 1.96 bits per heavy atom. The number of rotatable bonds is 3. The summed E-state index contributed by atoms with van der Waals surface area (Å²) in [6.45, 7) is 2.78. The molecular formula is C18H21N7O. The van der Waals surface area contributed by atoms with Crippen LogP contribution in [-0.2, 0) is 19.6 Å². The Morgan fingerprint density at radius 3 is 2.77 bits per heavy atom. The Morgan fingerprint density at radius 1 is 1.08 bits per heavy atom. The van der Waals surface area contributed by atoms with Crippen LogP contribution < -0.4 is 5.56 Å². The third-order valence-electron chi connectivity index (χ3n) is 5.48. The van der Waals surface area contributed by atoms with Crippen LogP contribution in [0.4, 0.5) is 0 Å². The van der Waals surface area contributed by atoms with E-state index >= 15 is 0 Å². The molecule has 1 fully saturated rings.